The molecule has 1 aromatic carbocycles. The van der Waals surface area contributed by atoms with Gasteiger partial charge in [0.15, 0.2) is 5.78 Å². The van der Waals surface area contributed by atoms with Gasteiger partial charge in [-0.25, -0.2) is 0 Å². The SMILES string of the molecule is CNC1COCC1C(=O)c1c(OC)cccc1OC. The van der Waals surface area contributed by atoms with Crippen LogP contribution in [0.2, 0.25) is 0 Å². The van der Waals surface area contributed by atoms with Crippen molar-refractivity contribution in [1.82, 2.24) is 5.32 Å². The lowest BCUT2D eigenvalue weighted by atomic mass is 9.92. The number of ether oxygens (including phenoxy) is 3. The van der Waals surface area contributed by atoms with Crippen LogP contribution in [0.1, 0.15) is 10.4 Å². The molecule has 2 unspecified atom stereocenters. The Morgan fingerprint density at radius 2 is 1.89 bits per heavy atom. The molecular weight excluding hydrogens is 246 g/mol. The minimum Gasteiger partial charge on any atom is -0.496 e. The Hall–Kier alpha value is -1.59. The fourth-order valence-corrected chi connectivity index (χ4v) is 2.38. The third-order valence-corrected chi connectivity index (χ3v) is 3.46. The van der Waals surface area contributed by atoms with Gasteiger partial charge in [-0.2, -0.15) is 0 Å². The number of hydrogen-bond acceptors (Lipinski definition) is 5. The first-order valence-corrected chi connectivity index (χ1v) is 6.23. The zero-order valence-corrected chi connectivity index (χ0v) is 11.4. The number of ketones is 1. The van der Waals surface area contributed by atoms with Crippen LogP contribution in [0.15, 0.2) is 18.2 Å². The summed E-state index contributed by atoms with van der Waals surface area (Å²) in [6.45, 7) is 0.968. The van der Waals surface area contributed by atoms with Gasteiger partial charge in [0.1, 0.15) is 17.1 Å². The smallest absolute Gasteiger partial charge is 0.177 e. The molecule has 5 heteroatoms. The van der Waals surface area contributed by atoms with Crippen molar-refractivity contribution in [2.45, 2.75) is 6.04 Å². The van der Waals surface area contributed by atoms with Crippen LogP contribution in [0, 0.1) is 5.92 Å². The van der Waals surface area contributed by atoms with Crippen LogP contribution in [-0.2, 0) is 4.74 Å². The van der Waals surface area contributed by atoms with E-state index in [0.717, 1.165) is 0 Å². The van der Waals surface area contributed by atoms with E-state index in [1.807, 2.05) is 7.05 Å². The molecule has 1 aliphatic heterocycles. The van der Waals surface area contributed by atoms with E-state index in [-0.39, 0.29) is 17.7 Å². The molecule has 0 saturated carbocycles. The van der Waals surface area contributed by atoms with E-state index in [1.54, 1.807) is 32.4 Å². The van der Waals surface area contributed by atoms with E-state index in [4.69, 9.17) is 14.2 Å². The minimum atomic E-state index is -0.213. The fourth-order valence-electron chi connectivity index (χ4n) is 2.38. The molecule has 1 N–H and O–H groups in total. The normalized spacial score (nSPS) is 22.3. The largest absolute Gasteiger partial charge is 0.496 e. The maximum Gasteiger partial charge on any atom is 0.177 e. The Kier molecular flexibility index (Phi) is 4.39. The Morgan fingerprint density at radius 3 is 2.42 bits per heavy atom. The van der Waals surface area contributed by atoms with Gasteiger partial charge in [0.2, 0.25) is 0 Å². The van der Waals surface area contributed by atoms with Crippen LogP contribution in [-0.4, -0.2) is 46.3 Å². The summed E-state index contributed by atoms with van der Waals surface area (Å²) >= 11 is 0. The van der Waals surface area contributed by atoms with Gasteiger partial charge in [0.25, 0.3) is 0 Å². The zero-order valence-electron chi connectivity index (χ0n) is 11.4. The minimum absolute atomic E-state index is 0.00819. The standard InChI is InChI=1S/C14H19NO4/c1-15-10-8-19-7-9(10)14(16)13-11(17-2)5-4-6-12(13)18-3/h4-6,9-10,15H,7-8H2,1-3H3. The number of Topliss-reactive ketones (excluding diaryl/α,β-unsaturated/α-hetero) is 1. The summed E-state index contributed by atoms with van der Waals surface area (Å²) in [5.74, 6) is 0.846. The van der Waals surface area contributed by atoms with Gasteiger partial charge in [-0.3, -0.25) is 4.79 Å². The molecule has 1 fully saturated rings. The molecule has 1 saturated heterocycles. The highest BCUT2D eigenvalue weighted by molar-refractivity contribution is 6.03. The molecule has 2 rings (SSSR count). The lowest BCUT2D eigenvalue weighted by Crippen LogP contribution is -2.37. The second kappa shape index (κ2) is 6.04. The first kappa shape index (κ1) is 13.8. The van der Waals surface area contributed by atoms with Crippen LogP contribution in [0.5, 0.6) is 11.5 Å². The van der Waals surface area contributed by atoms with Crippen molar-refractivity contribution in [2.75, 3.05) is 34.5 Å². The Bertz CT molecular complexity index is 439. The van der Waals surface area contributed by atoms with Crippen molar-refractivity contribution in [3.05, 3.63) is 23.8 Å². The second-order valence-corrected chi connectivity index (χ2v) is 4.44. The molecule has 0 spiro atoms. The Balaban J connectivity index is 2.37. The van der Waals surface area contributed by atoms with Gasteiger partial charge in [0.05, 0.1) is 33.4 Å². The van der Waals surface area contributed by atoms with Gasteiger partial charge in [-0.1, -0.05) is 6.07 Å². The summed E-state index contributed by atoms with van der Waals surface area (Å²) in [5, 5.41) is 3.11. The molecule has 0 aliphatic carbocycles. The average Bonchev–Trinajstić information content (AvgIpc) is 2.93. The van der Waals surface area contributed by atoms with E-state index >= 15 is 0 Å². The molecule has 104 valence electrons. The monoisotopic (exact) mass is 265 g/mol. The van der Waals surface area contributed by atoms with Gasteiger partial charge in [-0.15, -0.1) is 0 Å². The highest BCUT2D eigenvalue weighted by Crippen LogP contribution is 2.32. The van der Waals surface area contributed by atoms with Crippen LogP contribution in [0.25, 0.3) is 0 Å². The molecule has 2 atom stereocenters. The number of rotatable bonds is 5. The fraction of sp³-hybridized carbons (Fsp3) is 0.500. The van der Waals surface area contributed by atoms with Crippen molar-refractivity contribution in [2.24, 2.45) is 5.92 Å². The summed E-state index contributed by atoms with van der Waals surface area (Å²) in [7, 11) is 4.93. The third kappa shape index (κ3) is 2.57. The summed E-state index contributed by atoms with van der Waals surface area (Å²) in [6.07, 6.45) is 0. The van der Waals surface area contributed by atoms with Gasteiger partial charge < -0.3 is 19.5 Å². The van der Waals surface area contributed by atoms with E-state index in [9.17, 15) is 4.79 Å². The molecule has 5 nitrogen and oxygen atoms in total. The van der Waals surface area contributed by atoms with Crippen molar-refractivity contribution in [3.63, 3.8) is 0 Å². The predicted molar refractivity (Wildman–Crippen MR) is 71.0 cm³/mol. The first-order valence-electron chi connectivity index (χ1n) is 6.23. The third-order valence-electron chi connectivity index (χ3n) is 3.46. The lowest BCUT2D eigenvalue weighted by Gasteiger charge is -2.18. The number of carbonyl (C=O) groups is 1. The molecular formula is C14H19NO4. The second-order valence-electron chi connectivity index (χ2n) is 4.44. The molecule has 0 aromatic heterocycles. The van der Waals surface area contributed by atoms with Gasteiger partial charge >= 0.3 is 0 Å². The summed E-state index contributed by atoms with van der Waals surface area (Å²) in [5.41, 5.74) is 0.489. The number of nitrogens with one attached hydrogen (secondary N) is 1. The van der Waals surface area contributed by atoms with E-state index in [1.165, 1.54) is 0 Å². The molecule has 1 aliphatic rings. The van der Waals surface area contributed by atoms with Crippen molar-refractivity contribution in [3.8, 4) is 11.5 Å². The lowest BCUT2D eigenvalue weighted by molar-refractivity contribution is 0.0886. The first-order chi connectivity index (χ1) is 9.22. The van der Waals surface area contributed by atoms with Gasteiger partial charge in [-0.05, 0) is 19.2 Å². The van der Waals surface area contributed by atoms with Crippen LogP contribution in [0.3, 0.4) is 0 Å². The van der Waals surface area contributed by atoms with Crippen molar-refractivity contribution in [1.29, 1.82) is 0 Å². The highest BCUT2D eigenvalue weighted by Gasteiger charge is 2.36. The van der Waals surface area contributed by atoms with Crippen molar-refractivity contribution < 1.29 is 19.0 Å². The summed E-state index contributed by atoms with van der Waals surface area (Å²) < 4.78 is 15.9. The summed E-state index contributed by atoms with van der Waals surface area (Å²) in [4.78, 5) is 12.7. The van der Waals surface area contributed by atoms with Crippen LogP contribution >= 0.6 is 0 Å². The van der Waals surface area contributed by atoms with Crippen LogP contribution < -0.4 is 14.8 Å². The van der Waals surface area contributed by atoms with E-state index < -0.39 is 0 Å². The Morgan fingerprint density at radius 1 is 1.26 bits per heavy atom. The van der Waals surface area contributed by atoms with E-state index in [2.05, 4.69) is 5.32 Å². The number of hydrogen-bond donors (Lipinski definition) is 1. The van der Waals surface area contributed by atoms with Crippen LogP contribution in [0.4, 0.5) is 0 Å². The molecule has 1 aromatic rings. The predicted octanol–water partition coefficient (Wildman–Crippen LogP) is 1.12. The highest BCUT2D eigenvalue weighted by atomic mass is 16.5. The number of methoxy groups -OCH3 is 2. The van der Waals surface area contributed by atoms with Gasteiger partial charge in [0, 0.05) is 6.04 Å². The maximum atomic E-state index is 12.7. The van der Waals surface area contributed by atoms with E-state index in [0.29, 0.717) is 30.3 Å². The quantitative estimate of drug-likeness (QED) is 0.809. The summed E-state index contributed by atoms with van der Waals surface area (Å²) in [6, 6.07) is 5.36. The Labute approximate surface area is 112 Å². The topological polar surface area (TPSA) is 56.8 Å². The molecule has 1 heterocycles. The molecule has 0 amide bonds. The zero-order chi connectivity index (χ0) is 13.8. The van der Waals surface area contributed by atoms with Crippen molar-refractivity contribution >= 4 is 5.78 Å². The number of likely N-dealkylation sites (N-methyl/N-ethyl adjacent to an activating group) is 1. The molecule has 19 heavy (non-hydrogen) atoms. The number of benzene rings is 1. The molecule has 0 radical (unpaired) electrons. The number of carbonyl (C=O) groups excluding carboxylic acids is 1. The molecule has 0 bridgehead atoms. The average molecular weight is 265 g/mol. The maximum absolute atomic E-state index is 12.7.